The molecule has 0 amide bonds. The number of pyridine rings is 1. The molecule has 0 aliphatic rings. The van der Waals surface area contributed by atoms with Crippen LogP contribution >= 0.6 is 0 Å². The summed E-state index contributed by atoms with van der Waals surface area (Å²) >= 11 is 0. The fourth-order valence-electron chi connectivity index (χ4n) is 0.823. The molecule has 0 saturated carbocycles. The lowest BCUT2D eigenvalue weighted by atomic mass is 10.4. The van der Waals surface area contributed by atoms with E-state index in [1.165, 1.54) is 12.3 Å². The molecule has 0 atom stereocenters. The van der Waals surface area contributed by atoms with Crippen molar-refractivity contribution in [1.29, 1.82) is 0 Å². The van der Waals surface area contributed by atoms with Gasteiger partial charge >= 0.3 is 10.1 Å². The smallest absolute Gasteiger partial charge is 0.307 e. The summed E-state index contributed by atoms with van der Waals surface area (Å²) in [7, 11) is -3.51. The molecule has 0 aliphatic carbocycles. The van der Waals surface area contributed by atoms with Crippen LogP contribution < -0.4 is 8.92 Å². The lowest BCUT2D eigenvalue weighted by Crippen LogP contribution is -2.06. The largest absolute Gasteiger partial charge is 0.492 e. The van der Waals surface area contributed by atoms with Crippen molar-refractivity contribution >= 4 is 10.1 Å². The van der Waals surface area contributed by atoms with E-state index in [1.807, 2.05) is 6.92 Å². The molecule has 1 heterocycles. The first-order valence-electron chi connectivity index (χ1n) is 3.99. The van der Waals surface area contributed by atoms with E-state index in [0.717, 1.165) is 6.26 Å². The topological polar surface area (TPSA) is 65.5 Å². The number of hydrogen-bond acceptors (Lipinski definition) is 5. The fourth-order valence-corrected chi connectivity index (χ4v) is 1.23. The van der Waals surface area contributed by atoms with Crippen LogP contribution in [0.3, 0.4) is 0 Å². The summed E-state index contributed by atoms with van der Waals surface area (Å²) in [6, 6.07) is 3.03. The van der Waals surface area contributed by atoms with Gasteiger partial charge in [0.1, 0.15) is 5.75 Å². The SMILES string of the molecule is CCOc1ccc(OS(C)(=O)=O)nc1. The van der Waals surface area contributed by atoms with Crippen LogP contribution in [0, 0.1) is 0 Å². The molecule has 1 aromatic rings. The highest BCUT2D eigenvalue weighted by molar-refractivity contribution is 7.86. The Hall–Kier alpha value is -1.30. The Morgan fingerprint density at radius 2 is 2.14 bits per heavy atom. The second kappa shape index (κ2) is 4.28. The zero-order chi connectivity index (χ0) is 10.6. The molecule has 0 bridgehead atoms. The molecule has 6 heteroatoms. The van der Waals surface area contributed by atoms with Gasteiger partial charge in [-0.05, 0) is 13.0 Å². The molecular weight excluding hydrogens is 206 g/mol. The predicted molar refractivity (Wildman–Crippen MR) is 50.9 cm³/mol. The maximum absolute atomic E-state index is 10.7. The molecule has 14 heavy (non-hydrogen) atoms. The van der Waals surface area contributed by atoms with Crippen molar-refractivity contribution < 1.29 is 17.3 Å². The minimum Gasteiger partial charge on any atom is -0.492 e. The normalized spacial score (nSPS) is 11.0. The first-order chi connectivity index (χ1) is 6.51. The van der Waals surface area contributed by atoms with Crippen molar-refractivity contribution in [2.75, 3.05) is 12.9 Å². The molecule has 0 spiro atoms. The van der Waals surface area contributed by atoms with Gasteiger partial charge in [-0.25, -0.2) is 4.98 Å². The van der Waals surface area contributed by atoms with Gasteiger partial charge in [0.15, 0.2) is 0 Å². The number of rotatable bonds is 4. The molecular formula is C8H11NO4S. The zero-order valence-electron chi connectivity index (χ0n) is 7.93. The first kappa shape index (κ1) is 10.8. The van der Waals surface area contributed by atoms with Crippen LogP contribution in [0.1, 0.15) is 6.92 Å². The highest BCUT2D eigenvalue weighted by Gasteiger charge is 2.04. The summed E-state index contributed by atoms with van der Waals surface area (Å²) in [5.74, 6) is 0.615. The van der Waals surface area contributed by atoms with E-state index in [-0.39, 0.29) is 5.88 Å². The molecule has 1 aromatic heterocycles. The molecule has 0 saturated heterocycles. The van der Waals surface area contributed by atoms with Crippen molar-refractivity contribution in [2.24, 2.45) is 0 Å². The molecule has 5 nitrogen and oxygen atoms in total. The van der Waals surface area contributed by atoms with Crippen LogP contribution in [0.25, 0.3) is 0 Å². The molecule has 78 valence electrons. The molecule has 0 aromatic carbocycles. The quantitative estimate of drug-likeness (QED) is 0.698. The average molecular weight is 217 g/mol. The van der Waals surface area contributed by atoms with E-state index < -0.39 is 10.1 Å². The molecule has 0 radical (unpaired) electrons. The van der Waals surface area contributed by atoms with Crippen LogP contribution in [0.2, 0.25) is 0 Å². The van der Waals surface area contributed by atoms with Crippen molar-refractivity contribution in [3.8, 4) is 11.6 Å². The Bertz CT molecular complexity index is 384. The Morgan fingerprint density at radius 1 is 1.43 bits per heavy atom. The molecule has 0 unspecified atom stereocenters. The number of aromatic nitrogens is 1. The number of ether oxygens (including phenoxy) is 1. The first-order valence-corrected chi connectivity index (χ1v) is 5.81. The highest BCUT2D eigenvalue weighted by atomic mass is 32.2. The Kier molecular flexibility index (Phi) is 3.29. The van der Waals surface area contributed by atoms with Crippen molar-refractivity contribution in [2.45, 2.75) is 6.92 Å². The fraction of sp³-hybridized carbons (Fsp3) is 0.375. The van der Waals surface area contributed by atoms with Crippen molar-refractivity contribution in [3.05, 3.63) is 18.3 Å². The van der Waals surface area contributed by atoms with Crippen molar-refractivity contribution in [1.82, 2.24) is 4.98 Å². The van der Waals surface area contributed by atoms with Crippen LogP contribution in [0.4, 0.5) is 0 Å². The van der Waals surface area contributed by atoms with E-state index in [1.54, 1.807) is 6.07 Å². The van der Waals surface area contributed by atoms with Crippen LogP contribution in [-0.4, -0.2) is 26.3 Å². The number of hydrogen-bond donors (Lipinski definition) is 0. The molecule has 0 N–H and O–H groups in total. The molecule has 1 rings (SSSR count). The van der Waals surface area contributed by atoms with Gasteiger partial charge in [0.2, 0.25) is 5.88 Å². The Morgan fingerprint density at radius 3 is 2.57 bits per heavy atom. The van der Waals surface area contributed by atoms with Gasteiger partial charge in [-0.1, -0.05) is 0 Å². The van der Waals surface area contributed by atoms with E-state index in [4.69, 9.17) is 4.74 Å². The third kappa shape index (κ3) is 3.61. The summed E-state index contributed by atoms with van der Waals surface area (Å²) in [4.78, 5) is 3.76. The van der Waals surface area contributed by atoms with Crippen LogP contribution in [-0.2, 0) is 10.1 Å². The predicted octanol–water partition coefficient (Wildman–Crippen LogP) is 0.819. The van der Waals surface area contributed by atoms with Crippen LogP contribution in [0.5, 0.6) is 11.6 Å². The summed E-state index contributed by atoms with van der Waals surface area (Å²) in [5.41, 5.74) is 0. The van der Waals surface area contributed by atoms with Crippen LogP contribution in [0.15, 0.2) is 18.3 Å². The van der Waals surface area contributed by atoms with Gasteiger partial charge in [0.25, 0.3) is 0 Å². The van der Waals surface area contributed by atoms with E-state index >= 15 is 0 Å². The lowest BCUT2D eigenvalue weighted by Gasteiger charge is -2.03. The third-order valence-corrected chi connectivity index (χ3v) is 1.73. The Labute approximate surface area is 82.8 Å². The minimum atomic E-state index is -3.51. The van der Waals surface area contributed by atoms with E-state index in [0.29, 0.717) is 12.4 Å². The summed E-state index contributed by atoms with van der Waals surface area (Å²) in [5, 5.41) is 0. The summed E-state index contributed by atoms with van der Waals surface area (Å²) < 4.78 is 31.1. The van der Waals surface area contributed by atoms with E-state index in [9.17, 15) is 8.42 Å². The second-order valence-electron chi connectivity index (χ2n) is 2.55. The average Bonchev–Trinajstić information content (AvgIpc) is 2.06. The van der Waals surface area contributed by atoms with Gasteiger partial charge in [0, 0.05) is 6.07 Å². The maximum atomic E-state index is 10.7. The van der Waals surface area contributed by atoms with Gasteiger partial charge in [-0.3, -0.25) is 0 Å². The summed E-state index contributed by atoms with van der Waals surface area (Å²) in [6.45, 7) is 2.38. The van der Waals surface area contributed by atoms with Gasteiger partial charge in [-0.15, -0.1) is 0 Å². The lowest BCUT2D eigenvalue weighted by molar-refractivity contribution is 0.338. The highest BCUT2D eigenvalue weighted by Crippen LogP contribution is 2.14. The summed E-state index contributed by atoms with van der Waals surface area (Å²) in [6.07, 6.45) is 2.37. The van der Waals surface area contributed by atoms with Gasteiger partial charge in [-0.2, -0.15) is 8.42 Å². The zero-order valence-corrected chi connectivity index (χ0v) is 8.74. The second-order valence-corrected chi connectivity index (χ2v) is 4.13. The van der Waals surface area contributed by atoms with Gasteiger partial charge in [0.05, 0.1) is 19.1 Å². The molecule has 0 fully saturated rings. The molecule has 0 aliphatic heterocycles. The third-order valence-electron chi connectivity index (χ3n) is 1.26. The Balaban J connectivity index is 2.74. The number of nitrogens with zero attached hydrogens (tertiary/aromatic N) is 1. The standard InChI is InChI=1S/C8H11NO4S/c1-3-12-7-4-5-8(9-6-7)13-14(2,10)11/h4-6H,3H2,1-2H3. The van der Waals surface area contributed by atoms with Crippen molar-refractivity contribution in [3.63, 3.8) is 0 Å². The van der Waals surface area contributed by atoms with E-state index in [2.05, 4.69) is 9.17 Å². The van der Waals surface area contributed by atoms with Gasteiger partial charge < -0.3 is 8.92 Å². The maximum Gasteiger partial charge on any atom is 0.307 e. The monoisotopic (exact) mass is 217 g/mol. The minimum absolute atomic E-state index is 0.0379.